The molecular formula is C19H34N2O3. The summed E-state index contributed by atoms with van der Waals surface area (Å²) in [5.74, 6) is 0.0638. The maximum atomic E-state index is 11.9. The van der Waals surface area contributed by atoms with Crippen molar-refractivity contribution in [3.63, 3.8) is 0 Å². The van der Waals surface area contributed by atoms with Gasteiger partial charge in [0.25, 0.3) is 0 Å². The van der Waals surface area contributed by atoms with Gasteiger partial charge in [-0.05, 0) is 65.7 Å². The van der Waals surface area contributed by atoms with Gasteiger partial charge in [-0.15, -0.1) is 0 Å². The molecule has 0 aromatic heterocycles. The van der Waals surface area contributed by atoms with Crippen LogP contribution in [0.5, 0.6) is 0 Å². The van der Waals surface area contributed by atoms with E-state index >= 15 is 0 Å². The van der Waals surface area contributed by atoms with E-state index in [1.165, 1.54) is 19.3 Å². The van der Waals surface area contributed by atoms with Crippen LogP contribution in [0.4, 0.5) is 0 Å². The summed E-state index contributed by atoms with van der Waals surface area (Å²) in [7, 11) is 0. The molecule has 0 aromatic rings. The predicted molar refractivity (Wildman–Crippen MR) is 93.4 cm³/mol. The van der Waals surface area contributed by atoms with E-state index in [1.54, 1.807) is 0 Å². The number of likely N-dealkylation sites (tertiary alicyclic amines) is 2. The molecule has 2 saturated heterocycles. The summed E-state index contributed by atoms with van der Waals surface area (Å²) < 4.78 is 11.8. The van der Waals surface area contributed by atoms with Crippen molar-refractivity contribution in [2.75, 3.05) is 19.7 Å². The summed E-state index contributed by atoms with van der Waals surface area (Å²) in [4.78, 5) is 17.0. The lowest BCUT2D eigenvalue weighted by atomic mass is 9.87. The van der Waals surface area contributed by atoms with Gasteiger partial charge in [0.15, 0.2) is 6.35 Å². The van der Waals surface area contributed by atoms with Gasteiger partial charge in [-0.25, -0.2) is 0 Å². The molecule has 0 amide bonds. The highest BCUT2D eigenvalue weighted by Crippen LogP contribution is 2.34. The molecule has 0 spiro atoms. The molecule has 0 N–H and O–H groups in total. The molecule has 3 fully saturated rings. The molecule has 0 radical (unpaired) electrons. The molecule has 1 saturated carbocycles. The molecule has 0 bridgehead atoms. The van der Waals surface area contributed by atoms with Crippen LogP contribution in [0.3, 0.4) is 0 Å². The van der Waals surface area contributed by atoms with Gasteiger partial charge in [0.1, 0.15) is 0 Å². The standard InChI is InChI=1S/C19H34N2O3/c1-4-23-18(22)16-7-9-17(10-8-16)24-19(20-11-5-6-12-20)21-14(2)13-15(21)3/h14-17,19H,4-13H2,1-3H3/t14-,15-,16?,17?,19?/m1/s1. The number of esters is 1. The van der Waals surface area contributed by atoms with Crippen LogP contribution in [0.1, 0.15) is 65.7 Å². The summed E-state index contributed by atoms with van der Waals surface area (Å²) >= 11 is 0. The van der Waals surface area contributed by atoms with Crippen molar-refractivity contribution in [1.82, 2.24) is 9.80 Å². The summed E-state index contributed by atoms with van der Waals surface area (Å²) in [6, 6.07) is 1.22. The summed E-state index contributed by atoms with van der Waals surface area (Å²) in [5, 5.41) is 0. The Bertz CT molecular complexity index is 409. The van der Waals surface area contributed by atoms with Crippen molar-refractivity contribution in [2.45, 2.75) is 90.3 Å². The topological polar surface area (TPSA) is 42.0 Å². The van der Waals surface area contributed by atoms with Crippen molar-refractivity contribution in [3.05, 3.63) is 0 Å². The first-order valence-electron chi connectivity index (χ1n) is 9.93. The number of carbonyl (C=O) groups is 1. The van der Waals surface area contributed by atoms with Crippen LogP contribution in [0, 0.1) is 5.92 Å². The molecule has 5 nitrogen and oxygen atoms in total. The van der Waals surface area contributed by atoms with Crippen LogP contribution in [0.15, 0.2) is 0 Å². The van der Waals surface area contributed by atoms with E-state index in [0.29, 0.717) is 18.7 Å². The second-order valence-corrected chi connectivity index (χ2v) is 7.81. The van der Waals surface area contributed by atoms with E-state index in [0.717, 1.165) is 38.8 Å². The zero-order valence-corrected chi connectivity index (χ0v) is 15.6. The van der Waals surface area contributed by atoms with Gasteiger partial charge in [0.2, 0.25) is 0 Å². The molecular weight excluding hydrogens is 304 g/mol. The minimum Gasteiger partial charge on any atom is -0.466 e. The molecule has 0 aromatic carbocycles. The second-order valence-electron chi connectivity index (χ2n) is 7.81. The Morgan fingerprint density at radius 1 is 1.08 bits per heavy atom. The van der Waals surface area contributed by atoms with Crippen molar-refractivity contribution in [3.8, 4) is 0 Å². The summed E-state index contributed by atoms with van der Waals surface area (Å²) in [5.41, 5.74) is 0. The summed E-state index contributed by atoms with van der Waals surface area (Å²) in [6.45, 7) is 9.28. The lowest BCUT2D eigenvalue weighted by molar-refractivity contribution is -0.229. The van der Waals surface area contributed by atoms with Gasteiger partial charge in [-0.2, -0.15) is 0 Å². The average Bonchev–Trinajstić information content (AvgIpc) is 3.09. The van der Waals surface area contributed by atoms with Gasteiger partial charge in [0, 0.05) is 25.2 Å². The number of rotatable bonds is 6. The molecule has 3 aliphatic rings. The first kappa shape index (κ1) is 18.2. The largest absolute Gasteiger partial charge is 0.466 e. The number of hydrogen-bond donors (Lipinski definition) is 0. The molecule has 3 atom stereocenters. The number of hydrogen-bond acceptors (Lipinski definition) is 5. The van der Waals surface area contributed by atoms with Crippen LogP contribution >= 0.6 is 0 Å². The molecule has 1 unspecified atom stereocenters. The van der Waals surface area contributed by atoms with Crippen molar-refractivity contribution in [1.29, 1.82) is 0 Å². The fourth-order valence-electron chi connectivity index (χ4n) is 4.64. The molecule has 24 heavy (non-hydrogen) atoms. The van der Waals surface area contributed by atoms with Crippen molar-refractivity contribution in [2.24, 2.45) is 5.92 Å². The number of carbonyl (C=O) groups excluding carboxylic acids is 1. The fourth-order valence-corrected chi connectivity index (χ4v) is 4.64. The van der Waals surface area contributed by atoms with Gasteiger partial charge in [0.05, 0.1) is 18.6 Å². The lowest BCUT2D eigenvalue weighted by Crippen LogP contribution is -2.63. The van der Waals surface area contributed by atoms with Gasteiger partial charge < -0.3 is 9.47 Å². The number of nitrogens with zero attached hydrogens (tertiary/aromatic N) is 2. The third kappa shape index (κ3) is 3.94. The highest BCUT2D eigenvalue weighted by atomic mass is 16.5. The zero-order valence-electron chi connectivity index (χ0n) is 15.6. The van der Waals surface area contributed by atoms with E-state index < -0.39 is 0 Å². The Kier molecular flexibility index (Phi) is 6.17. The second kappa shape index (κ2) is 8.15. The summed E-state index contributed by atoms with van der Waals surface area (Å²) in [6.07, 6.45) is 8.01. The van der Waals surface area contributed by atoms with E-state index in [9.17, 15) is 4.79 Å². The van der Waals surface area contributed by atoms with E-state index in [2.05, 4.69) is 23.6 Å². The maximum absolute atomic E-state index is 11.9. The molecule has 5 heteroatoms. The Morgan fingerprint density at radius 2 is 1.71 bits per heavy atom. The van der Waals surface area contributed by atoms with E-state index in [-0.39, 0.29) is 24.3 Å². The van der Waals surface area contributed by atoms with Crippen LogP contribution in [0.25, 0.3) is 0 Å². The SMILES string of the molecule is CCOC(=O)C1CCC(OC(N2CCCC2)N2[C@H](C)C[C@H]2C)CC1. The predicted octanol–water partition coefficient (Wildman–Crippen LogP) is 2.99. The molecule has 2 heterocycles. The lowest BCUT2D eigenvalue weighted by Gasteiger charge is -2.52. The minimum absolute atomic E-state index is 0.0166. The van der Waals surface area contributed by atoms with Crippen molar-refractivity contribution >= 4 is 5.97 Å². The van der Waals surface area contributed by atoms with E-state index in [1.807, 2.05) is 6.92 Å². The first-order valence-corrected chi connectivity index (χ1v) is 9.93. The van der Waals surface area contributed by atoms with E-state index in [4.69, 9.17) is 9.47 Å². The Balaban J connectivity index is 1.55. The Morgan fingerprint density at radius 3 is 2.25 bits per heavy atom. The number of ether oxygens (including phenoxy) is 2. The molecule has 3 rings (SSSR count). The first-order chi connectivity index (χ1) is 11.6. The Hall–Kier alpha value is -0.650. The smallest absolute Gasteiger partial charge is 0.308 e. The molecule has 1 aliphatic carbocycles. The monoisotopic (exact) mass is 338 g/mol. The normalized spacial score (nSPS) is 36.3. The molecule has 2 aliphatic heterocycles. The van der Waals surface area contributed by atoms with Crippen LogP contribution in [-0.2, 0) is 14.3 Å². The highest BCUT2D eigenvalue weighted by Gasteiger charge is 2.42. The highest BCUT2D eigenvalue weighted by molar-refractivity contribution is 5.72. The third-order valence-electron chi connectivity index (χ3n) is 6.02. The van der Waals surface area contributed by atoms with Crippen LogP contribution in [0.2, 0.25) is 0 Å². The van der Waals surface area contributed by atoms with Gasteiger partial charge >= 0.3 is 5.97 Å². The van der Waals surface area contributed by atoms with Gasteiger partial charge in [-0.1, -0.05) is 0 Å². The minimum atomic E-state index is -0.0166. The van der Waals surface area contributed by atoms with Crippen LogP contribution in [-0.4, -0.2) is 60.0 Å². The quantitative estimate of drug-likeness (QED) is 0.697. The zero-order chi connectivity index (χ0) is 17.1. The van der Waals surface area contributed by atoms with Gasteiger partial charge in [-0.3, -0.25) is 14.6 Å². The Labute approximate surface area is 146 Å². The fraction of sp³-hybridized carbons (Fsp3) is 0.947. The van der Waals surface area contributed by atoms with Crippen LogP contribution < -0.4 is 0 Å². The van der Waals surface area contributed by atoms with Crippen molar-refractivity contribution < 1.29 is 14.3 Å². The maximum Gasteiger partial charge on any atom is 0.308 e. The average molecular weight is 338 g/mol. The third-order valence-corrected chi connectivity index (χ3v) is 6.02. The molecule has 138 valence electrons.